The standard InChI is InChI=1S/C20H17ClF3N3O5/c21-14-7-6-13(20(22,23)24)10-15(14)25-17(29)11-32-18(30)9-8-16(28)26-27-19(31)12-4-2-1-3-5-12/h1-7,10H,8-9,11H2,(H,25,29)(H,26,28)(H,27,31). The van der Waals surface area contributed by atoms with Crippen LogP contribution in [-0.2, 0) is 25.3 Å². The van der Waals surface area contributed by atoms with Crippen LogP contribution in [0.15, 0.2) is 48.5 Å². The van der Waals surface area contributed by atoms with E-state index in [9.17, 15) is 32.3 Å². The minimum atomic E-state index is -4.63. The summed E-state index contributed by atoms with van der Waals surface area (Å²) >= 11 is 5.76. The van der Waals surface area contributed by atoms with Gasteiger partial charge in [-0.3, -0.25) is 30.0 Å². The number of carbonyl (C=O) groups is 4. The molecular formula is C20H17ClF3N3O5. The predicted octanol–water partition coefficient (Wildman–Crippen LogP) is 3.08. The van der Waals surface area contributed by atoms with Crippen LogP contribution in [0.25, 0.3) is 0 Å². The highest BCUT2D eigenvalue weighted by molar-refractivity contribution is 6.33. The van der Waals surface area contributed by atoms with Crippen LogP contribution >= 0.6 is 11.6 Å². The van der Waals surface area contributed by atoms with E-state index in [1.54, 1.807) is 18.2 Å². The van der Waals surface area contributed by atoms with E-state index in [0.717, 1.165) is 12.1 Å². The molecule has 0 radical (unpaired) electrons. The summed E-state index contributed by atoms with van der Waals surface area (Å²) in [6.07, 6.45) is -5.36. The number of nitrogens with one attached hydrogen (secondary N) is 3. The minimum absolute atomic E-state index is 0.133. The van der Waals surface area contributed by atoms with Gasteiger partial charge in [-0.05, 0) is 30.3 Å². The maximum absolute atomic E-state index is 12.7. The zero-order chi connectivity index (χ0) is 23.7. The van der Waals surface area contributed by atoms with Crippen LogP contribution in [0.4, 0.5) is 18.9 Å². The molecule has 3 amide bonds. The van der Waals surface area contributed by atoms with Gasteiger partial charge in [0, 0.05) is 12.0 Å². The van der Waals surface area contributed by atoms with Gasteiger partial charge in [-0.25, -0.2) is 0 Å². The van der Waals surface area contributed by atoms with E-state index in [1.165, 1.54) is 12.1 Å². The van der Waals surface area contributed by atoms with Crippen molar-refractivity contribution in [2.75, 3.05) is 11.9 Å². The molecule has 0 aliphatic carbocycles. The summed E-state index contributed by atoms with van der Waals surface area (Å²) in [4.78, 5) is 47.0. The number of amides is 3. The van der Waals surface area contributed by atoms with Gasteiger partial charge in [-0.1, -0.05) is 29.8 Å². The molecule has 0 spiro atoms. The van der Waals surface area contributed by atoms with E-state index in [2.05, 4.69) is 20.9 Å². The lowest BCUT2D eigenvalue weighted by atomic mass is 10.2. The van der Waals surface area contributed by atoms with Crippen LogP contribution in [0.2, 0.25) is 5.02 Å². The number of esters is 1. The van der Waals surface area contributed by atoms with Crippen LogP contribution in [0.1, 0.15) is 28.8 Å². The van der Waals surface area contributed by atoms with Crippen LogP contribution in [0.3, 0.4) is 0 Å². The highest BCUT2D eigenvalue weighted by Crippen LogP contribution is 2.33. The Morgan fingerprint density at radius 1 is 0.906 bits per heavy atom. The summed E-state index contributed by atoms with van der Waals surface area (Å²) in [5.74, 6) is -3.04. The molecule has 170 valence electrons. The third-order valence-electron chi connectivity index (χ3n) is 3.84. The molecule has 2 rings (SSSR count). The molecule has 3 N–H and O–H groups in total. The summed E-state index contributed by atoms with van der Waals surface area (Å²) in [5, 5.41) is 1.98. The number of ether oxygens (including phenoxy) is 1. The smallest absolute Gasteiger partial charge is 0.416 e. The summed E-state index contributed by atoms with van der Waals surface area (Å²) < 4.78 is 42.9. The maximum Gasteiger partial charge on any atom is 0.416 e. The van der Waals surface area contributed by atoms with Crippen molar-refractivity contribution in [3.05, 3.63) is 64.7 Å². The number of hydrogen-bond donors (Lipinski definition) is 3. The summed E-state index contributed by atoms with van der Waals surface area (Å²) in [6, 6.07) is 10.5. The molecule has 12 heteroatoms. The number of anilines is 1. The Kier molecular flexibility index (Phi) is 8.59. The molecule has 8 nitrogen and oxygen atoms in total. The van der Waals surface area contributed by atoms with Crippen molar-refractivity contribution in [1.29, 1.82) is 0 Å². The summed E-state index contributed by atoms with van der Waals surface area (Å²) in [5.41, 5.74) is 3.31. The fourth-order valence-corrected chi connectivity index (χ4v) is 2.43. The minimum Gasteiger partial charge on any atom is -0.456 e. The van der Waals surface area contributed by atoms with Crippen molar-refractivity contribution in [2.24, 2.45) is 0 Å². The highest BCUT2D eigenvalue weighted by atomic mass is 35.5. The van der Waals surface area contributed by atoms with Crippen LogP contribution in [-0.4, -0.2) is 30.3 Å². The Morgan fingerprint density at radius 3 is 2.25 bits per heavy atom. The number of hydrazine groups is 1. The molecule has 0 heterocycles. The lowest BCUT2D eigenvalue weighted by molar-refractivity contribution is -0.148. The first kappa shape index (κ1) is 24.7. The van der Waals surface area contributed by atoms with Gasteiger partial charge < -0.3 is 10.1 Å². The van der Waals surface area contributed by atoms with Gasteiger partial charge in [0.15, 0.2) is 6.61 Å². The first-order chi connectivity index (χ1) is 15.1. The number of benzene rings is 2. The number of halogens is 4. The Morgan fingerprint density at radius 2 is 1.59 bits per heavy atom. The van der Waals surface area contributed by atoms with Crippen molar-refractivity contribution in [3.8, 4) is 0 Å². The molecule has 0 saturated heterocycles. The SMILES string of the molecule is O=C(CCC(=O)OCC(=O)Nc1cc(C(F)(F)F)ccc1Cl)NNC(=O)c1ccccc1. The number of alkyl halides is 3. The Bertz CT molecular complexity index is 1000. The van der Waals surface area contributed by atoms with Crippen molar-refractivity contribution in [3.63, 3.8) is 0 Å². The zero-order valence-electron chi connectivity index (χ0n) is 16.3. The molecule has 0 unspecified atom stereocenters. The van der Waals surface area contributed by atoms with Crippen LogP contribution < -0.4 is 16.2 Å². The monoisotopic (exact) mass is 471 g/mol. The second-order valence-electron chi connectivity index (χ2n) is 6.27. The first-order valence-corrected chi connectivity index (χ1v) is 9.40. The zero-order valence-corrected chi connectivity index (χ0v) is 17.0. The van der Waals surface area contributed by atoms with Gasteiger partial charge in [0.2, 0.25) is 5.91 Å². The predicted molar refractivity (Wildman–Crippen MR) is 107 cm³/mol. The molecule has 0 aliphatic rings. The van der Waals surface area contributed by atoms with E-state index in [1.807, 2.05) is 0 Å². The van der Waals surface area contributed by atoms with E-state index in [4.69, 9.17) is 11.6 Å². The number of rotatable bonds is 7. The normalized spacial score (nSPS) is 10.8. The lowest BCUT2D eigenvalue weighted by Gasteiger charge is -2.12. The molecule has 0 atom stereocenters. The van der Waals surface area contributed by atoms with Crippen LogP contribution in [0, 0.1) is 0 Å². The topological polar surface area (TPSA) is 114 Å². The van der Waals surface area contributed by atoms with Crippen molar-refractivity contribution in [1.82, 2.24) is 10.9 Å². The largest absolute Gasteiger partial charge is 0.456 e. The highest BCUT2D eigenvalue weighted by Gasteiger charge is 2.31. The van der Waals surface area contributed by atoms with E-state index >= 15 is 0 Å². The first-order valence-electron chi connectivity index (χ1n) is 9.02. The lowest BCUT2D eigenvalue weighted by Crippen LogP contribution is -2.41. The maximum atomic E-state index is 12.7. The van der Waals surface area contributed by atoms with Gasteiger partial charge in [-0.15, -0.1) is 0 Å². The van der Waals surface area contributed by atoms with E-state index in [-0.39, 0.29) is 17.1 Å². The average molecular weight is 472 g/mol. The van der Waals surface area contributed by atoms with Gasteiger partial charge in [0.25, 0.3) is 11.8 Å². The Balaban J connectivity index is 1.72. The number of hydrogen-bond acceptors (Lipinski definition) is 5. The molecule has 0 fully saturated rings. The third-order valence-corrected chi connectivity index (χ3v) is 4.17. The van der Waals surface area contributed by atoms with Crippen molar-refractivity contribution >= 4 is 41.0 Å². The van der Waals surface area contributed by atoms with Crippen molar-refractivity contribution in [2.45, 2.75) is 19.0 Å². The van der Waals surface area contributed by atoms with Gasteiger partial charge in [-0.2, -0.15) is 13.2 Å². The molecule has 32 heavy (non-hydrogen) atoms. The second kappa shape index (κ2) is 11.1. The fraction of sp³-hybridized carbons (Fsp3) is 0.200. The summed E-state index contributed by atoms with van der Waals surface area (Å²) in [6.45, 7) is -0.794. The molecule has 0 saturated carbocycles. The Labute approximate surface area is 185 Å². The van der Waals surface area contributed by atoms with Crippen molar-refractivity contribution < 1.29 is 37.1 Å². The van der Waals surface area contributed by atoms with Gasteiger partial charge >= 0.3 is 12.1 Å². The number of carbonyl (C=O) groups excluding carboxylic acids is 4. The van der Waals surface area contributed by atoms with Gasteiger partial charge in [0.1, 0.15) is 0 Å². The molecular weight excluding hydrogens is 455 g/mol. The third kappa shape index (κ3) is 7.91. The van der Waals surface area contributed by atoms with E-state index < -0.39 is 48.5 Å². The van der Waals surface area contributed by atoms with E-state index in [0.29, 0.717) is 11.6 Å². The summed E-state index contributed by atoms with van der Waals surface area (Å²) in [7, 11) is 0. The Hall–Kier alpha value is -3.60. The fourth-order valence-electron chi connectivity index (χ4n) is 2.27. The van der Waals surface area contributed by atoms with Gasteiger partial charge in [0.05, 0.1) is 22.7 Å². The molecule has 2 aromatic rings. The molecule has 0 bridgehead atoms. The second-order valence-corrected chi connectivity index (χ2v) is 6.68. The molecule has 0 aromatic heterocycles. The average Bonchev–Trinajstić information content (AvgIpc) is 2.75. The molecule has 0 aliphatic heterocycles. The molecule has 2 aromatic carbocycles. The van der Waals surface area contributed by atoms with Crippen LogP contribution in [0.5, 0.6) is 0 Å². The quantitative estimate of drug-likeness (QED) is 0.424.